The monoisotopic (exact) mass is 412 g/mol. The first-order chi connectivity index (χ1) is 12.8. The van der Waals surface area contributed by atoms with Gasteiger partial charge in [0.1, 0.15) is 5.82 Å². The Balaban J connectivity index is 1.48. The van der Waals surface area contributed by atoms with E-state index in [0.29, 0.717) is 23.7 Å². The lowest BCUT2D eigenvalue weighted by Gasteiger charge is -2.21. The maximum atomic E-state index is 13.1. The molecule has 1 aromatic heterocycles. The van der Waals surface area contributed by atoms with E-state index in [0.717, 1.165) is 5.69 Å². The van der Waals surface area contributed by atoms with E-state index in [1.54, 1.807) is 12.1 Å². The molecule has 0 aliphatic carbocycles. The number of halogens is 1. The van der Waals surface area contributed by atoms with Crippen molar-refractivity contribution in [1.82, 2.24) is 15.2 Å². The fourth-order valence-corrected chi connectivity index (χ4v) is 5.42. The van der Waals surface area contributed by atoms with Crippen molar-refractivity contribution in [2.45, 2.75) is 25.6 Å². The number of amides is 2. The lowest BCUT2D eigenvalue weighted by molar-refractivity contribution is 0.250. The van der Waals surface area contributed by atoms with Gasteiger partial charge in [0.15, 0.2) is 15.0 Å². The number of thiazole rings is 1. The zero-order valence-corrected chi connectivity index (χ0v) is 16.4. The van der Waals surface area contributed by atoms with Gasteiger partial charge in [-0.1, -0.05) is 12.1 Å². The van der Waals surface area contributed by atoms with Crippen molar-refractivity contribution in [2.24, 2.45) is 0 Å². The summed E-state index contributed by atoms with van der Waals surface area (Å²) in [6, 6.07) is 5.60. The highest BCUT2D eigenvalue weighted by Crippen LogP contribution is 2.21. The molecule has 0 bridgehead atoms. The predicted molar refractivity (Wildman–Crippen MR) is 103 cm³/mol. The van der Waals surface area contributed by atoms with E-state index in [2.05, 4.69) is 15.6 Å². The van der Waals surface area contributed by atoms with Crippen molar-refractivity contribution in [3.05, 3.63) is 46.7 Å². The Morgan fingerprint density at radius 3 is 2.96 bits per heavy atom. The van der Waals surface area contributed by atoms with Crippen LogP contribution in [0.4, 0.5) is 14.3 Å². The van der Waals surface area contributed by atoms with Crippen molar-refractivity contribution in [1.29, 1.82) is 0 Å². The zero-order valence-electron chi connectivity index (χ0n) is 14.8. The van der Waals surface area contributed by atoms with E-state index in [1.165, 1.54) is 23.5 Å². The minimum atomic E-state index is -2.92. The maximum absolute atomic E-state index is 13.1. The molecule has 0 radical (unpaired) electrons. The van der Waals surface area contributed by atoms with E-state index in [9.17, 15) is 17.6 Å². The van der Waals surface area contributed by atoms with E-state index < -0.39 is 15.9 Å². The highest BCUT2D eigenvalue weighted by molar-refractivity contribution is 7.91. The Morgan fingerprint density at radius 1 is 1.44 bits per heavy atom. The number of sulfone groups is 1. The van der Waals surface area contributed by atoms with Gasteiger partial charge in [0.25, 0.3) is 0 Å². The van der Waals surface area contributed by atoms with Crippen LogP contribution in [0.2, 0.25) is 0 Å². The topological polar surface area (TPSA) is 91.4 Å². The third-order valence-electron chi connectivity index (χ3n) is 4.36. The molecule has 7 nitrogen and oxygen atoms in total. The number of hydrogen-bond acceptors (Lipinski definition) is 6. The molecule has 2 amide bonds. The predicted octanol–water partition coefficient (Wildman–Crippen LogP) is 2.22. The van der Waals surface area contributed by atoms with Gasteiger partial charge >= 0.3 is 6.03 Å². The van der Waals surface area contributed by atoms with Crippen LogP contribution in [0.15, 0.2) is 29.6 Å². The van der Waals surface area contributed by atoms with E-state index in [-0.39, 0.29) is 29.9 Å². The number of rotatable bonds is 6. The molecule has 2 N–H and O–H groups in total. The number of nitrogens with one attached hydrogen (secondary N) is 2. The Bertz CT molecular complexity index is 916. The quantitative estimate of drug-likeness (QED) is 0.759. The number of nitrogens with zero attached hydrogens (tertiary/aromatic N) is 2. The number of urea groups is 1. The summed E-state index contributed by atoms with van der Waals surface area (Å²) in [5.41, 5.74) is 1.44. The molecule has 2 aromatic rings. The Kier molecular flexibility index (Phi) is 6.08. The van der Waals surface area contributed by atoms with Gasteiger partial charge in [-0.3, -0.25) is 10.2 Å². The van der Waals surface area contributed by atoms with Gasteiger partial charge in [0, 0.05) is 24.5 Å². The molecule has 1 saturated heterocycles. The van der Waals surface area contributed by atoms with Crippen LogP contribution in [0.3, 0.4) is 0 Å². The largest absolute Gasteiger partial charge is 0.334 e. The normalized spacial score (nSPS) is 18.6. The zero-order chi connectivity index (χ0) is 19.4. The summed E-state index contributed by atoms with van der Waals surface area (Å²) in [6.45, 7) is 0.726. The molecule has 1 aliphatic rings. The number of aromatic nitrogens is 1. The molecule has 27 heavy (non-hydrogen) atoms. The average molecular weight is 413 g/mol. The third kappa shape index (κ3) is 5.72. The number of carbonyl (C=O) groups excluding carboxylic acids is 1. The number of anilines is 1. The Labute approximate surface area is 161 Å². The van der Waals surface area contributed by atoms with Crippen LogP contribution in [0, 0.1) is 5.82 Å². The molecule has 2 heterocycles. The van der Waals surface area contributed by atoms with Gasteiger partial charge in [-0.25, -0.2) is 22.6 Å². The second-order valence-corrected chi connectivity index (χ2v) is 9.64. The van der Waals surface area contributed by atoms with Crippen LogP contribution in [-0.2, 0) is 22.9 Å². The summed E-state index contributed by atoms with van der Waals surface area (Å²) in [7, 11) is -1.05. The average Bonchev–Trinajstić information content (AvgIpc) is 3.19. The second kappa shape index (κ2) is 8.32. The first-order valence-electron chi connectivity index (χ1n) is 8.45. The molecular formula is C17H21FN4O3S2. The number of carbonyl (C=O) groups is 1. The van der Waals surface area contributed by atoms with Crippen LogP contribution in [0.1, 0.15) is 17.7 Å². The van der Waals surface area contributed by atoms with E-state index >= 15 is 0 Å². The van der Waals surface area contributed by atoms with Gasteiger partial charge in [0.2, 0.25) is 0 Å². The van der Waals surface area contributed by atoms with Crippen LogP contribution in [0.5, 0.6) is 0 Å². The lowest BCUT2D eigenvalue weighted by Crippen LogP contribution is -2.32. The third-order valence-corrected chi connectivity index (χ3v) is 6.91. The molecular weight excluding hydrogens is 391 g/mol. The summed E-state index contributed by atoms with van der Waals surface area (Å²) in [5, 5.41) is 7.59. The van der Waals surface area contributed by atoms with Gasteiger partial charge in [-0.05, 0) is 31.2 Å². The Morgan fingerprint density at radius 2 is 2.26 bits per heavy atom. The van der Waals surface area contributed by atoms with Gasteiger partial charge in [0.05, 0.1) is 17.2 Å². The summed E-state index contributed by atoms with van der Waals surface area (Å²) < 4.78 is 36.3. The molecule has 1 unspecified atom stereocenters. The molecule has 1 atom stereocenters. The highest BCUT2D eigenvalue weighted by atomic mass is 32.2. The van der Waals surface area contributed by atoms with E-state index in [4.69, 9.17) is 0 Å². The first kappa shape index (κ1) is 19.7. The van der Waals surface area contributed by atoms with Gasteiger partial charge < -0.3 is 5.32 Å². The lowest BCUT2D eigenvalue weighted by atomic mass is 10.2. The smallest absolute Gasteiger partial charge is 0.321 e. The highest BCUT2D eigenvalue weighted by Gasteiger charge is 2.30. The fourth-order valence-electron chi connectivity index (χ4n) is 2.92. The van der Waals surface area contributed by atoms with Crippen molar-refractivity contribution in [3.63, 3.8) is 0 Å². The molecule has 1 aliphatic heterocycles. The molecule has 146 valence electrons. The summed E-state index contributed by atoms with van der Waals surface area (Å²) in [6.07, 6.45) is 0.635. The maximum Gasteiger partial charge on any atom is 0.321 e. The van der Waals surface area contributed by atoms with Crippen molar-refractivity contribution < 1.29 is 17.6 Å². The Hall–Kier alpha value is -2.04. The fraction of sp³-hybridized carbons (Fsp3) is 0.412. The minimum absolute atomic E-state index is 0.00248. The summed E-state index contributed by atoms with van der Waals surface area (Å²) in [5.74, 6) is 0.0666. The molecule has 10 heteroatoms. The first-order valence-corrected chi connectivity index (χ1v) is 11.2. The molecule has 0 spiro atoms. The molecule has 1 fully saturated rings. The van der Waals surface area contributed by atoms with Gasteiger partial charge in [-0.15, -0.1) is 11.3 Å². The molecule has 0 saturated carbocycles. The molecule has 1 aromatic carbocycles. The van der Waals surface area contributed by atoms with Crippen molar-refractivity contribution in [3.8, 4) is 0 Å². The second-order valence-electron chi connectivity index (χ2n) is 6.55. The summed E-state index contributed by atoms with van der Waals surface area (Å²) in [4.78, 5) is 18.3. The molecule has 3 rings (SSSR count). The van der Waals surface area contributed by atoms with Crippen LogP contribution >= 0.6 is 11.3 Å². The number of benzene rings is 1. The van der Waals surface area contributed by atoms with Crippen LogP contribution < -0.4 is 10.6 Å². The van der Waals surface area contributed by atoms with Crippen molar-refractivity contribution >= 4 is 32.3 Å². The van der Waals surface area contributed by atoms with Crippen LogP contribution in [-0.4, -0.2) is 48.9 Å². The number of hydrogen-bond donors (Lipinski definition) is 2. The standard InChI is InChI=1S/C17H21FN4O3S2/c1-22(15-5-6-27(24,25)11-15)9-14-10-26-17(20-14)21-16(23)19-8-12-3-2-4-13(18)7-12/h2-4,7,10,15H,5-6,8-9,11H2,1H3,(H2,19,20,21,23). The SMILES string of the molecule is CN(Cc1csc(NC(=O)NCc2cccc(F)c2)n1)C1CCS(=O)(=O)C1. The summed E-state index contributed by atoms with van der Waals surface area (Å²) >= 11 is 1.30. The van der Waals surface area contributed by atoms with Crippen molar-refractivity contribution in [2.75, 3.05) is 23.9 Å². The van der Waals surface area contributed by atoms with E-state index in [1.807, 2.05) is 17.3 Å². The minimum Gasteiger partial charge on any atom is -0.334 e. The van der Waals surface area contributed by atoms with Gasteiger partial charge in [-0.2, -0.15) is 0 Å². The van der Waals surface area contributed by atoms with Crippen LogP contribution in [0.25, 0.3) is 0 Å².